The minimum Gasteiger partial charge on any atom is -0.475 e. The van der Waals surface area contributed by atoms with Gasteiger partial charge in [0.25, 0.3) is 30.1 Å². The third kappa shape index (κ3) is 11.9. The van der Waals surface area contributed by atoms with E-state index < -0.39 is 78.2 Å². The lowest BCUT2D eigenvalue weighted by molar-refractivity contribution is -0.0806. The van der Waals surface area contributed by atoms with Crippen LogP contribution in [0.2, 0.25) is 0 Å². The Bertz CT molecular complexity index is 4180. The highest BCUT2D eigenvalue weighted by Gasteiger charge is 2.41. The van der Waals surface area contributed by atoms with Crippen LogP contribution in [0.5, 0.6) is 17.6 Å². The van der Waals surface area contributed by atoms with E-state index in [2.05, 4.69) is 58.9 Å². The zero-order valence-electron chi connectivity index (χ0n) is 49.5. The van der Waals surface area contributed by atoms with Gasteiger partial charge >= 0.3 is 24.0 Å². The molecule has 2 unspecified atom stereocenters. The summed E-state index contributed by atoms with van der Waals surface area (Å²) in [6.45, 7) is -0.744. The molecule has 3 aromatic carbocycles. The smallest absolute Gasteiger partial charge is 0.333 e. The SMILES string of the molecule is CN(C)C1COc2c(S(=O)(=O)NC(=O)Nc3c4c(cc5c3CCC5)CCC4)cnn2C1.O=C(Nc1c2c(cc3c1CCC3)CCC2)NS(=O)(=O)c1cnn2c1OCC(F)(F)C2.O=C(Nc1c2c(cc3c1CCC3)CCC2)NS(=O)(=O)c1cnn2c1OCC(O)C2. The Kier molecular flexibility index (Phi) is 16.1. The molecule has 0 radical (unpaired) electrons. The molecular formula is C59H69F2N13O13S3. The van der Waals surface area contributed by atoms with Crippen molar-refractivity contribution in [2.24, 2.45) is 0 Å². The average molecular weight is 1300 g/mol. The molecule has 6 aliphatic carbocycles. The van der Waals surface area contributed by atoms with Crippen LogP contribution < -0.4 is 44.3 Å². The molecule has 15 rings (SSSR count). The number of likely N-dealkylation sites (N-methyl/N-ethyl adjacent to an activating group) is 1. The first-order valence-electron chi connectivity index (χ1n) is 30.3. The van der Waals surface area contributed by atoms with Gasteiger partial charge in [0.05, 0.1) is 37.7 Å². The van der Waals surface area contributed by atoms with E-state index in [9.17, 15) is 53.5 Å². The van der Waals surface area contributed by atoms with Crippen molar-refractivity contribution < 1.29 is 67.7 Å². The third-order valence-corrected chi connectivity index (χ3v) is 22.0. The molecule has 2 atom stereocenters. The van der Waals surface area contributed by atoms with Gasteiger partial charge in [-0.2, -0.15) is 15.3 Å². The second-order valence-electron chi connectivity index (χ2n) is 24.4. The molecular weight excluding hydrogens is 1230 g/mol. The van der Waals surface area contributed by atoms with E-state index in [-0.39, 0.29) is 46.6 Å². The number of anilines is 3. The van der Waals surface area contributed by atoms with Gasteiger partial charge in [-0.3, -0.25) is 0 Å². The third-order valence-electron chi connectivity index (χ3n) is 18.1. The fourth-order valence-corrected chi connectivity index (χ4v) is 16.8. The number of aliphatic hydroxyl groups is 1. The Hall–Kier alpha value is -7.87. The lowest BCUT2D eigenvalue weighted by Crippen LogP contribution is -2.41. The van der Waals surface area contributed by atoms with Crippen LogP contribution in [-0.2, 0) is 127 Å². The number of aliphatic hydroxyl groups excluding tert-OH is 1. The molecule has 0 saturated carbocycles. The number of carbonyl (C=O) groups excluding carboxylic acids is 3. The first-order valence-corrected chi connectivity index (χ1v) is 34.7. The number of carbonyl (C=O) groups is 3. The molecule has 6 heterocycles. The van der Waals surface area contributed by atoms with Gasteiger partial charge in [0.15, 0.2) is 21.3 Å². The monoisotopic (exact) mass is 1300 g/mol. The number of urea groups is 3. The summed E-state index contributed by atoms with van der Waals surface area (Å²) in [6, 6.07) is 4.37. The summed E-state index contributed by atoms with van der Waals surface area (Å²) in [5.74, 6) is -3.25. The van der Waals surface area contributed by atoms with Gasteiger partial charge < -0.3 is 40.2 Å². The number of aryl methyl sites for hydroxylation is 6. The summed E-state index contributed by atoms with van der Waals surface area (Å²) in [5, 5.41) is 29.8. The van der Waals surface area contributed by atoms with Gasteiger partial charge in [-0.05, 0) is 196 Å². The van der Waals surface area contributed by atoms with Gasteiger partial charge in [-0.25, -0.2) is 76.6 Å². The summed E-state index contributed by atoms with van der Waals surface area (Å²) >= 11 is 0. The first kappa shape index (κ1) is 61.0. The minimum absolute atomic E-state index is 0.0251. The van der Waals surface area contributed by atoms with E-state index in [0.29, 0.717) is 18.8 Å². The topological polar surface area (TPSA) is 330 Å². The Morgan fingerprint density at radius 3 is 1.18 bits per heavy atom. The highest BCUT2D eigenvalue weighted by molar-refractivity contribution is 7.90. The van der Waals surface area contributed by atoms with Gasteiger partial charge in [-0.1, -0.05) is 18.2 Å². The van der Waals surface area contributed by atoms with Crippen LogP contribution >= 0.6 is 0 Å². The van der Waals surface area contributed by atoms with Gasteiger partial charge in [-0.15, -0.1) is 0 Å². The first-order chi connectivity index (χ1) is 43.0. The molecule has 9 aliphatic rings. The number of sulfonamides is 3. The number of amides is 6. The zero-order chi connectivity index (χ0) is 63.0. The summed E-state index contributed by atoms with van der Waals surface area (Å²) in [7, 11) is -8.79. The number of nitrogens with one attached hydrogen (secondary N) is 6. The number of ether oxygens (including phenoxy) is 3. The number of fused-ring (bicyclic) bond motifs is 9. The maximum atomic E-state index is 13.4. The second-order valence-corrected chi connectivity index (χ2v) is 29.3. The number of benzene rings is 3. The highest BCUT2D eigenvalue weighted by atomic mass is 32.2. The maximum Gasteiger partial charge on any atom is 0.333 e. The number of rotatable bonds is 10. The van der Waals surface area contributed by atoms with Crippen molar-refractivity contribution in [2.45, 2.75) is 168 Å². The molecule has 3 aliphatic heterocycles. The van der Waals surface area contributed by atoms with Crippen LogP contribution in [0.3, 0.4) is 0 Å². The van der Waals surface area contributed by atoms with Crippen LogP contribution in [0.4, 0.5) is 40.2 Å². The number of alkyl halides is 2. The summed E-state index contributed by atoms with van der Waals surface area (Å²) < 4.78 is 129. The van der Waals surface area contributed by atoms with E-state index in [0.717, 1.165) is 177 Å². The fraction of sp³-hybridized carbons (Fsp3) is 0.492. The molecule has 26 nitrogen and oxygen atoms in total. The van der Waals surface area contributed by atoms with Crippen LogP contribution in [0, 0.1) is 0 Å². The van der Waals surface area contributed by atoms with E-state index >= 15 is 0 Å². The number of hydrogen-bond donors (Lipinski definition) is 7. The largest absolute Gasteiger partial charge is 0.475 e. The molecule has 6 amide bonds. The lowest BCUT2D eigenvalue weighted by Gasteiger charge is -2.29. The fourth-order valence-electron chi connectivity index (χ4n) is 13.9. The van der Waals surface area contributed by atoms with Crippen molar-refractivity contribution in [1.29, 1.82) is 0 Å². The normalized spacial score (nSPS) is 19.4. The molecule has 7 N–H and O–H groups in total. The molecule has 3 aromatic heterocycles. The van der Waals surface area contributed by atoms with E-state index in [1.807, 2.05) is 23.7 Å². The lowest BCUT2D eigenvalue weighted by atomic mass is 9.99. The van der Waals surface area contributed by atoms with Crippen LogP contribution in [0.25, 0.3) is 0 Å². The number of hydrogen-bond acceptors (Lipinski definition) is 17. The minimum atomic E-state index is -4.36. The van der Waals surface area contributed by atoms with Crippen molar-refractivity contribution in [3.63, 3.8) is 0 Å². The maximum absolute atomic E-state index is 13.4. The molecule has 0 spiro atoms. The molecule has 31 heteroatoms. The molecule has 0 bridgehead atoms. The van der Waals surface area contributed by atoms with Gasteiger partial charge in [0, 0.05) is 17.1 Å². The molecule has 480 valence electrons. The number of aromatic nitrogens is 6. The average Bonchev–Trinajstić information content (AvgIpc) is 1.72. The van der Waals surface area contributed by atoms with E-state index in [1.54, 1.807) is 0 Å². The summed E-state index contributed by atoms with van der Waals surface area (Å²) in [4.78, 5) is 39.2. The van der Waals surface area contributed by atoms with Crippen LogP contribution in [0.15, 0.2) is 51.5 Å². The van der Waals surface area contributed by atoms with Crippen LogP contribution in [-0.4, -0.2) is 135 Å². The predicted octanol–water partition coefficient (Wildman–Crippen LogP) is 5.22. The van der Waals surface area contributed by atoms with Crippen molar-refractivity contribution in [1.82, 2.24) is 48.4 Å². The molecule has 6 aromatic rings. The van der Waals surface area contributed by atoms with E-state index in [1.165, 1.54) is 48.9 Å². The van der Waals surface area contributed by atoms with Crippen molar-refractivity contribution >= 4 is 65.2 Å². The summed E-state index contributed by atoms with van der Waals surface area (Å²) in [6.07, 6.45) is 19.8. The van der Waals surface area contributed by atoms with E-state index in [4.69, 9.17) is 14.2 Å². The molecule has 0 saturated heterocycles. The highest BCUT2D eigenvalue weighted by Crippen LogP contribution is 2.42. The standard InChI is InChI=1S/C21H27N5O4S.C19H20F2N4O4S.C19H22N4O5S/c1-25(2)15-11-26-20(30-12-15)18(10-22-26)31(28,29)24-21(27)23-19-16-7-3-5-13(16)9-14-6-4-8-17(14)19;20-19(21)9-25-17(29-10-19)15(8-22-25)30(27,28)24-18(26)23-16-13-5-1-3-11(13)7-12-4-2-6-14(12)16;24-13-9-23-18(28-10-13)16(8-20-23)29(26,27)22-19(25)21-17-14-5-1-3-11(14)7-12-4-2-6-15(12)17/h9-10,15H,3-8,11-12H2,1-2H3,(H2,23,24,27);7-8H,1-6,9-10H2,(H2,23,24,26);7-8,13,24H,1-6,9-10H2,(H2,21,22,25). The summed E-state index contributed by atoms with van der Waals surface area (Å²) in [5.41, 5.74) is 16.4. The van der Waals surface area contributed by atoms with Crippen LogP contribution in [0.1, 0.15) is 105 Å². The Balaban J connectivity index is 0.000000124. The van der Waals surface area contributed by atoms with Crippen molar-refractivity contribution in [3.05, 3.63) is 104 Å². The van der Waals surface area contributed by atoms with Gasteiger partial charge in [0.2, 0.25) is 17.6 Å². The van der Waals surface area contributed by atoms with Gasteiger partial charge in [0.1, 0.15) is 25.9 Å². The van der Waals surface area contributed by atoms with Crippen molar-refractivity contribution in [3.8, 4) is 17.6 Å². The second kappa shape index (κ2) is 23.7. The zero-order valence-corrected chi connectivity index (χ0v) is 52.0. The quantitative estimate of drug-likeness (QED) is 0.0925. The molecule has 90 heavy (non-hydrogen) atoms. The number of nitrogens with zero attached hydrogens (tertiary/aromatic N) is 7. The Morgan fingerprint density at radius 2 is 0.822 bits per heavy atom. The number of halogens is 2. The molecule has 0 fully saturated rings. The predicted molar refractivity (Wildman–Crippen MR) is 321 cm³/mol. The Morgan fingerprint density at radius 1 is 0.500 bits per heavy atom. The Labute approximate surface area is 517 Å². The van der Waals surface area contributed by atoms with Crippen molar-refractivity contribution in [2.75, 3.05) is 49.9 Å².